The lowest BCUT2D eigenvalue weighted by Gasteiger charge is -2.14. The summed E-state index contributed by atoms with van der Waals surface area (Å²) in [6.07, 6.45) is -4.97. The highest BCUT2D eigenvalue weighted by atomic mass is 32.1. The van der Waals surface area contributed by atoms with Gasteiger partial charge in [0.15, 0.2) is 6.10 Å². The van der Waals surface area contributed by atoms with E-state index in [1.54, 1.807) is 23.5 Å². The van der Waals surface area contributed by atoms with Crippen molar-refractivity contribution in [1.29, 1.82) is 0 Å². The minimum absolute atomic E-state index is 0.0859. The molecule has 0 fully saturated rings. The van der Waals surface area contributed by atoms with E-state index in [0.717, 1.165) is 38.6 Å². The average Bonchev–Trinajstić information content (AvgIpc) is 3.17. The fraction of sp³-hybridized carbons (Fsp3) is 0.320. The predicted molar refractivity (Wildman–Crippen MR) is 122 cm³/mol. The molecule has 4 nitrogen and oxygen atoms in total. The van der Waals surface area contributed by atoms with Crippen molar-refractivity contribution in [2.75, 3.05) is 13.7 Å². The number of hydrogen-bond acceptors (Lipinski definition) is 4. The largest absolute Gasteiger partial charge is 0.493 e. The molecule has 0 aliphatic heterocycles. The van der Waals surface area contributed by atoms with Crippen LogP contribution in [0.5, 0.6) is 5.75 Å². The molecule has 0 amide bonds. The van der Waals surface area contributed by atoms with Crippen molar-refractivity contribution >= 4 is 17.3 Å². The van der Waals surface area contributed by atoms with Crippen molar-refractivity contribution < 1.29 is 32.5 Å². The van der Waals surface area contributed by atoms with E-state index in [2.05, 4.69) is 0 Å². The molecule has 2 atom stereocenters. The molecule has 3 aromatic rings. The van der Waals surface area contributed by atoms with E-state index in [9.17, 15) is 18.0 Å². The second-order valence-electron chi connectivity index (χ2n) is 7.86. The Morgan fingerprint density at radius 2 is 1.73 bits per heavy atom. The monoisotopic (exact) mass is 478 g/mol. The number of aryl methyl sites for hydroxylation is 1. The molecule has 2 aromatic carbocycles. The fourth-order valence-corrected chi connectivity index (χ4v) is 4.67. The van der Waals surface area contributed by atoms with Gasteiger partial charge in [0.05, 0.1) is 12.2 Å². The van der Waals surface area contributed by atoms with Crippen molar-refractivity contribution in [2.45, 2.75) is 38.5 Å². The summed E-state index contributed by atoms with van der Waals surface area (Å²) < 4.78 is 49.3. The number of carbonyl (C=O) groups is 1. The minimum Gasteiger partial charge on any atom is -0.493 e. The van der Waals surface area contributed by atoms with Gasteiger partial charge in [-0.3, -0.25) is 0 Å². The van der Waals surface area contributed by atoms with E-state index >= 15 is 0 Å². The van der Waals surface area contributed by atoms with Crippen molar-refractivity contribution in [1.82, 2.24) is 0 Å². The first-order valence-electron chi connectivity index (χ1n) is 10.3. The summed E-state index contributed by atoms with van der Waals surface area (Å²) in [5.41, 5.74) is 2.00. The summed E-state index contributed by atoms with van der Waals surface area (Å²) in [4.78, 5) is 13.1. The van der Waals surface area contributed by atoms with E-state index in [1.165, 1.54) is 19.2 Å². The lowest BCUT2D eigenvalue weighted by Crippen LogP contribution is -2.24. The van der Waals surface area contributed by atoms with Gasteiger partial charge in [-0.1, -0.05) is 31.2 Å². The maximum absolute atomic E-state index is 12.8. The average molecular weight is 479 g/mol. The molecule has 3 rings (SSSR count). The molecular weight excluding hydrogens is 453 g/mol. The van der Waals surface area contributed by atoms with Crippen molar-refractivity contribution in [3.63, 3.8) is 0 Å². The zero-order chi connectivity index (χ0) is 24.2. The second-order valence-corrected chi connectivity index (χ2v) is 8.94. The lowest BCUT2D eigenvalue weighted by molar-refractivity contribution is -0.148. The summed E-state index contributed by atoms with van der Waals surface area (Å²) in [6, 6.07) is 14.4. The zero-order valence-electron chi connectivity index (χ0n) is 18.5. The molecule has 0 radical (unpaired) electrons. The number of thiophene rings is 1. The van der Waals surface area contributed by atoms with Gasteiger partial charge >= 0.3 is 12.1 Å². The third-order valence-electron chi connectivity index (χ3n) is 5.30. The van der Waals surface area contributed by atoms with Crippen LogP contribution >= 0.6 is 11.3 Å². The molecule has 0 aliphatic rings. The third kappa shape index (κ3) is 6.36. The Bertz CT molecular complexity index is 1070. The van der Waals surface area contributed by atoms with Crippen molar-refractivity contribution in [2.24, 2.45) is 0 Å². The molecule has 1 heterocycles. The van der Waals surface area contributed by atoms with E-state index in [-0.39, 0.29) is 12.3 Å². The summed E-state index contributed by atoms with van der Waals surface area (Å²) >= 11 is 1.55. The molecule has 8 heteroatoms. The van der Waals surface area contributed by atoms with E-state index < -0.39 is 23.8 Å². The smallest absolute Gasteiger partial charge is 0.416 e. The first-order valence-corrected chi connectivity index (χ1v) is 11.2. The molecule has 1 aromatic heterocycles. The number of methoxy groups -OCH3 is 1. The van der Waals surface area contributed by atoms with Crippen LogP contribution in [0.25, 0.3) is 10.4 Å². The Balaban J connectivity index is 1.62. The Morgan fingerprint density at radius 3 is 2.27 bits per heavy atom. The Morgan fingerprint density at radius 1 is 1.09 bits per heavy atom. The summed E-state index contributed by atoms with van der Waals surface area (Å²) in [5, 5.41) is 9.09. The fourth-order valence-electron chi connectivity index (χ4n) is 3.46. The zero-order valence-corrected chi connectivity index (χ0v) is 19.3. The van der Waals surface area contributed by atoms with Crippen LogP contribution in [-0.2, 0) is 22.1 Å². The van der Waals surface area contributed by atoms with Crippen LogP contribution in [0.2, 0.25) is 0 Å². The molecule has 176 valence electrons. The molecule has 0 spiro atoms. The van der Waals surface area contributed by atoms with Gasteiger partial charge in [-0.15, -0.1) is 11.3 Å². The first kappa shape index (κ1) is 24.8. The lowest BCUT2D eigenvalue weighted by atomic mass is 10.1. The summed E-state index contributed by atoms with van der Waals surface area (Å²) in [5.74, 6) is -0.247. The highest BCUT2D eigenvalue weighted by Gasteiger charge is 2.30. The van der Waals surface area contributed by atoms with Crippen LogP contribution in [0.4, 0.5) is 13.2 Å². The standard InChI is InChI=1S/C25H25F3O4S/c1-15-12-22(18-6-8-19(9-7-18)25(26,27)28)33-23(15)16(2)14-32-20-10-4-17(5-11-20)13-21(31-3)24(29)30/h4-12,16,21H,13-14H2,1-3H3,(H,29,30)/t16?,21-/m0/s1. The van der Waals surface area contributed by atoms with Gasteiger partial charge in [0.1, 0.15) is 5.75 Å². The van der Waals surface area contributed by atoms with E-state index in [4.69, 9.17) is 14.6 Å². The van der Waals surface area contributed by atoms with Gasteiger partial charge in [0.25, 0.3) is 0 Å². The van der Waals surface area contributed by atoms with Gasteiger partial charge in [-0.25, -0.2) is 4.79 Å². The predicted octanol–water partition coefficient (Wildman–Crippen LogP) is 6.57. The number of aliphatic carboxylic acids is 1. The van der Waals surface area contributed by atoms with Crippen LogP contribution in [0.15, 0.2) is 54.6 Å². The Kier molecular flexibility index (Phi) is 7.81. The van der Waals surface area contributed by atoms with Gasteiger partial charge in [-0.2, -0.15) is 13.2 Å². The van der Waals surface area contributed by atoms with Crippen molar-refractivity contribution in [3.05, 3.63) is 76.2 Å². The van der Waals surface area contributed by atoms with Gasteiger partial charge in [0, 0.05) is 29.2 Å². The Hall–Kier alpha value is -2.84. The maximum Gasteiger partial charge on any atom is 0.416 e. The molecule has 1 N–H and O–H groups in total. The minimum atomic E-state index is -4.35. The molecule has 33 heavy (non-hydrogen) atoms. The van der Waals surface area contributed by atoms with Gasteiger partial charge in [-0.05, 0) is 53.9 Å². The Labute approximate surface area is 194 Å². The second kappa shape index (κ2) is 10.4. The first-order chi connectivity index (χ1) is 15.6. The van der Waals surface area contributed by atoms with Crippen LogP contribution < -0.4 is 4.74 Å². The number of rotatable bonds is 9. The van der Waals surface area contributed by atoms with E-state index in [1.807, 2.05) is 32.0 Å². The third-order valence-corrected chi connectivity index (χ3v) is 6.82. The maximum atomic E-state index is 12.8. The molecule has 0 saturated heterocycles. The number of hydrogen-bond donors (Lipinski definition) is 1. The van der Waals surface area contributed by atoms with Crippen LogP contribution in [0.1, 0.15) is 34.4 Å². The van der Waals surface area contributed by atoms with Crippen LogP contribution in [-0.4, -0.2) is 30.9 Å². The molecule has 0 aliphatic carbocycles. The number of carboxylic acids is 1. The van der Waals surface area contributed by atoms with Crippen LogP contribution in [0.3, 0.4) is 0 Å². The van der Waals surface area contributed by atoms with E-state index in [0.29, 0.717) is 12.4 Å². The quantitative estimate of drug-likeness (QED) is 0.378. The van der Waals surface area contributed by atoms with Crippen LogP contribution in [0, 0.1) is 6.92 Å². The van der Waals surface area contributed by atoms with Gasteiger partial charge < -0.3 is 14.6 Å². The highest BCUT2D eigenvalue weighted by molar-refractivity contribution is 7.15. The highest BCUT2D eigenvalue weighted by Crippen LogP contribution is 2.37. The molecular formula is C25H25F3O4S. The molecule has 0 saturated carbocycles. The molecule has 0 bridgehead atoms. The van der Waals surface area contributed by atoms with Gasteiger partial charge in [0.2, 0.25) is 0 Å². The van der Waals surface area contributed by atoms with Crippen molar-refractivity contribution in [3.8, 4) is 16.2 Å². The number of ether oxygens (including phenoxy) is 2. The summed E-state index contributed by atoms with van der Waals surface area (Å²) in [7, 11) is 1.37. The topological polar surface area (TPSA) is 55.8 Å². The normalized spacial score (nSPS) is 13.5. The molecule has 1 unspecified atom stereocenters. The number of alkyl halides is 3. The summed E-state index contributed by atoms with van der Waals surface area (Å²) in [6.45, 7) is 4.46. The SMILES string of the molecule is CO[C@@H](Cc1ccc(OCC(C)c2sc(-c3ccc(C(F)(F)F)cc3)cc2C)cc1)C(=O)O. The number of benzene rings is 2. The number of carboxylic acid groups (broad SMARTS) is 1. The number of halogens is 3.